The number of amides is 2. The van der Waals surface area contributed by atoms with Crippen molar-refractivity contribution in [3.05, 3.63) is 159 Å². The number of carboxylic acids is 3. The molecule has 86 heavy (non-hydrogen) atoms. The molecule has 0 spiro atoms. The second-order valence-electron chi connectivity index (χ2n) is 17.2. The average molecular weight is 1280 g/mol. The summed E-state index contributed by atoms with van der Waals surface area (Å²) in [6.45, 7) is 3.03. The van der Waals surface area contributed by atoms with Crippen LogP contribution in [0.5, 0.6) is 0 Å². The van der Waals surface area contributed by atoms with Gasteiger partial charge in [-0.1, -0.05) is 35.3 Å². The van der Waals surface area contributed by atoms with E-state index in [0.29, 0.717) is 57.5 Å². The number of anilines is 1. The second-order valence-corrected chi connectivity index (χ2v) is 18.4. The lowest BCUT2D eigenvalue weighted by atomic mass is 9.92. The maximum absolute atomic E-state index is 14.5. The van der Waals surface area contributed by atoms with Crippen molar-refractivity contribution < 1.29 is 87.6 Å². The summed E-state index contributed by atoms with van der Waals surface area (Å²) in [4.78, 5) is 86.7. The number of aliphatic carboxylic acids is 3. The van der Waals surface area contributed by atoms with Gasteiger partial charge in [0.05, 0.1) is 44.9 Å². The zero-order valence-electron chi connectivity index (χ0n) is 43.6. The standard InChI is InChI=1S/C23H18ClFN6O.C15H15FN4O.C8H4Cl2N2.3C2HF3O2/c1-26-22(32)17-5-3-13(8-18(17)25)20-21(28-7-6-27-20)15-11-31(12-15)23-29-10-14-2-4-16(24)9-19(14)30-23;1-17-15(21)11-3-2-9(6-12(11)16)13-14(10-7-18-8-10)20-5-4-19-13;9-6-2-1-5-4-11-8(10)12-7(5)3-6;3*3-2(4,5)1(6)7/h2-10,15H,11-12H2,1H3,(H,26,32);2-6,10,18H,7-8H2,1H3,(H,17,21);1-4H;3*(H,6,7). The minimum absolute atomic E-state index is 0.00920. The second kappa shape index (κ2) is 29.6. The highest BCUT2D eigenvalue weighted by atomic mass is 35.5. The molecule has 2 aliphatic heterocycles. The van der Waals surface area contributed by atoms with Gasteiger partial charge in [0.15, 0.2) is 0 Å². The van der Waals surface area contributed by atoms with Crippen LogP contribution in [-0.4, -0.2) is 144 Å². The number of aromatic nitrogens is 8. The molecule has 2 amide bonds. The molecular formula is C52H40Cl3F11N12O8. The van der Waals surface area contributed by atoms with Crippen molar-refractivity contribution in [2.24, 2.45) is 0 Å². The summed E-state index contributed by atoms with van der Waals surface area (Å²) in [7, 11) is 2.94. The van der Waals surface area contributed by atoms with Gasteiger partial charge in [0.2, 0.25) is 11.2 Å². The van der Waals surface area contributed by atoms with Crippen molar-refractivity contribution in [2.45, 2.75) is 30.4 Å². The SMILES string of the molecule is CNC(=O)c1ccc(-c2nccnc2C2CN(c3ncc4ccc(Cl)cc4n3)C2)cc1F.CNC(=O)c1ccc(-c2nccnc2C2CNC2)cc1F.Clc1ccc2cnc(Cl)nc2c1.O=C(O)C(F)(F)F.O=C(O)C(F)(F)F.O=C(O)C(F)(F)F. The molecule has 6 N–H and O–H groups in total. The molecule has 454 valence electrons. The largest absolute Gasteiger partial charge is 0.490 e. The number of rotatable bonds is 7. The molecule has 0 atom stereocenters. The maximum atomic E-state index is 14.5. The van der Waals surface area contributed by atoms with E-state index in [1.807, 2.05) is 24.3 Å². The minimum atomic E-state index is -5.08. The first-order chi connectivity index (χ1) is 40.3. The summed E-state index contributed by atoms with van der Waals surface area (Å²) in [6.07, 6.45) is -5.35. The van der Waals surface area contributed by atoms with Crippen LogP contribution in [0.25, 0.3) is 44.3 Å². The van der Waals surface area contributed by atoms with E-state index in [9.17, 15) is 57.9 Å². The van der Waals surface area contributed by atoms with Crippen LogP contribution < -0.4 is 20.9 Å². The molecule has 34 heteroatoms. The van der Waals surface area contributed by atoms with Crippen LogP contribution in [0.15, 0.2) is 110 Å². The zero-order valence-corrected chi connectivity index (χ0v) is 45.8. The number of carbonyl (C=O) groups excluding carboxylic acids is 2. The summed E-state index contributed by atoms with van der Waals surface area (Å²) >= 11 is 17.5. The van der Waals surface area contributed by atoms with Crippen LogP contribution in [0.1, 0.15) is 43.9 Å². The molecule has 2 saturated heterocycles. The summed E-state index contributed by atoms with van der Waals surface area (Å²) in [6, 6.07) is 19.9. The Morgan fingerprint density at radius 2 is 0.919 bits per heavy atom. The third-order valence-corrected chi connectivity index (χ3v) is 12.0. The van der Waals surface area contributed by atoms with E-state index in [-0.39, 0.29) is 22.3 Å². The fourth-order valence-corrected chi connectivity index (χ4v) is 7.58. The summed E-state index contributed by atoms with van der Waals surface area (Å²) < 4.78 is 124. The number of carboxylic acid groups (broad SMARTS) is 3. The molecule has 0 unspecified atom stereocenters. The maximum Gasteiger partial charge on any atom is 0.490 e. The molecule has 10 rings (SSSR count). The van der Waals surface area contributed by atoms with Crippen LogP contribution >= 0.6 is 34.8 Å². The Labute approximate surface area is 491 Å². The highest BCUT2D eigenvalue weighted by Crippen LogP contribution is 2.35. The average Bonchev–Trinajstić information content (AvgIpc) is 1.85. The Balaban J connectivity index is 0.000000214. The third kappa shape index (κ3) is 19.0. The first-order valence-corrected chi connectivity index (χ1v) is 25.0. The summed E-state index contributed by atoms with van der Waals surface area (Å²) in [5.74, 6) is -9.32. The smallest absolute Gasteiger partial charge is 0.475 e. The first kappa shape index (κ1) is 67.7. The Morgan fingerprint density at radius 3 is 1.29 bits per heavy atom. The predicted molar refractivity (Wildman–Crippen MR) is 287 cm³/mol. The zero-order chi connectivity index (χ0) is 63.8. The molecule has 0 radical (unpaired) electrons. The Hall–Kier alpha value is -9.07. The van der Waals surface area contributed by atoms with Crippen molar-refractivity contribution in [3.8, 4) is 22.5 Å². The van der Waals surface area contributed by atoms with E-state index >= 15 is 0 Å². The van der Waals surface area contributed by atoms with E-state index in [1.165, 1.54) is 38.4 Å². The van der Waals surface area contributed by atoms with Gasteiger partial charge >= 0.3 is 36.4 Å². The first-order valence-electron chi connectivity index (χ1n) is 23.8. The van der Waals surface area contributed by atoms with Crippen LogP contribution in [0.3, 0.4) is 0 Å². The molecule has 0 saturated carbocycles. The van der Waals surface area contributed by atoms with Crippen molar-refractivity contribution in [1.29, 1.82) is 0 Å². The molecule has 2 aliphatic rings. The van der Waals surface area contributed by atoms with Gasteiger partial charge in [-0.3, -0.25) is 29.5 Å². The Morgan fingerprint density at radius 1 is 0.535 bits per heavy atom. The van der Waals surface area contributed by atoms with Gasteiger partial charge in [0.25, 0.3) is 11.8 Å². The molecule has 4 aromatic heterocycles. The molecular weight excluding hydrogens is 1240 g/mol. The molecule has 6 heterocycles. The lowest BCUT2D eigenvalue weighted by molar-refractivity contribution is -0.193. The number of hydrogen-bond donors (Lipinski definition) is 6. The van der Waals surface area contributed by atoms with Gasteiger partial charge < -0.3 is 36.2 Å². The summed E-state index contributed by atoms with van der Waals surface area (Å²) in [5, 5.41) is 32.8. The number of nitrogens with zero attached hydrogens (tertiary/aromatic N) is 9. The fraction of sp³-hybridized carbons (Fsp3) is 0.212. The highest BCUT2D eigenvalue weighted by Gasteiger charge is 2.40. The van der Waals surface area contributed by atoms with Crippen LogP contribution in [-0.2, 0) is 14.4 Å². The third-order valence-electron chi connectivity index (χ3n) is 11.4. The van der Waals surface area contributed by atoms with E-state index in [0.717, 1.165) is 46.3 Å². The number of fused-ring (bicyclic) bond motifs is 2. The number of carbonyl (C=O) groups is 5. The number of alkyl halides is 9. The van der Waals surface area contributed by atoms with Crippen LogP contribution in [0, 0.1) is 11.6 Å². The van der Waals surface area contributed by atoms with E-state index < -0.39 is 59.9 Å². The normalized spacial score (nSPS) is 12.9. The van der Waals surface area contributed by atoms with E-state index in [2.05, 4.69) is 60.7 Å². The number of nitrogens with one attached hydrogen (secondary N) is 3. The van der Waals surface area contributed by atoms with E-state index in [4.69, 9.17) is 64.5 Å². The highest BCUT2D eigenvalue weighted by molar-refractivity contribution is 6.31. The van der Waals surface area contributed by atoms with Gasteiger partial charge in [-0.05, 0) is 72.3 Å². The lowest BCUT2D eigenvalue weighted by Gasteiger charge is -2.39. The molecule has 0 bridgehead atoms. The predicted octanol–water partition coefficient (Wildman–Crippen LogP) is 10.0. The molecule has 4 aromatic carbocycles. The quantitative estimate of drug-likeness (QED) is 0.0639. The van der Waals surface area contributed by atoms with Crippen molar-refractivity contribution in [3.63, 3.8) is 0 Å². The van der Waals surface area contributed by atoms with Crippen molar-refractivity contribution in [2.75, 3.05) is 45.2 Å². The minimum Gasteiger partial charge on any atom is -0.475 e. The lowest BCUT2D eigenvalue weighted by Crippen LogP contribution is -2.46. The van der Waals surface area contributed by atoms with Gasteiger partial charge in [0.1, 0.15) is 11.6 Å². The Kier molecular flexibility index (Phi) is 23.3. The van der Waals surface area contributed by atoms with Crippen molar-refractivity contribution >= 4 is 92.3 Å². The monoisotopic (exact) mass is 1270 g/mol. The Bertz CT molecular complexity index is 3660. The van der Waals surface area contributed by atoms with E-state index in [1.54, 1.807) is 61.4 Å². The van der Waals surface area contributed by atoms with Crippen LogP contribution in [0.4, 0.5) is 54.2 Å². The van der Waals surface area contributed by atoms with Gasteiger partial charge in [-0.25, -0.2) is 43.1 Å². The number of benzene rings is 4. The molecule has 2 fully saturated rings. The summed E-state index contributed by atoms with van der Waals surface area (Å²) in [5.41, 5.74) is 5.70. The molecule has 0 aliphatic carbocycles. The van der Waals surface area contributed by atoms with Gasteiger partial charge in [-0.2, -0.15) is 39.5 Å². The van der Waals surface area contributed by atoms with Crippen LogP contribution in [0.2, 0.25) is 15.3 Å². The van der Waals surface area contributed by atoms with Gasteiger partial charge in [0, 0.05) is 121 Å². The fourth-order valence-electron chi connectivity index (χ4n) is 7.11. The topological polar surface area (TPSA) is 288 Å². The number of halogens is 14. The molecule has 8 aromatic rings. The molecule has 20 nitrogen and oxygen atoms in total. The number of hydrogen-bond acceptors (Lipinski definition) is 15. The van der Waals surface area contributed by atoms with Gasteiger partial charge in [-0.15, -0.1) is 0 Å². The van der Waals surface area contributed by atoms with Crippen molar-refractivity contribution in [1.82, 2.24) is 55.8 Å².